The lowest BCUT2D eigenvalue weighted by atomic mass is 10.0. The van der Waals surface area contributed by atoms with E-state index in [2.05, 4.69) is 25.4 Å². The summed E-state index contributed by atoms with van der Waals surface area (Å²) in [5.41, 5.74) is 6.42. The Morgan fingerprint density at radius 2 is 1.93 bits per heavy atom. The molecule has 0 bridgehead atoms. The maximum absolute atomic E-state index is 12.6. The number of hydrogen-bond acceptors (Lipinski definition) is 5. The minimum Gasteiger partial charge on any atom is -0.306 e. The molecule has 27 heavy (non-hydrogen) atoms. The Morgan fingerprint density at radius 3 is 2.70 bits per heavy atom. The Morgan fingerprint density at radius 1 is 1.15 bits per heavy atom. The van der Waals surface area contributed by atoms with E-state index in [9.17, 15) is 4.79 Å². The summed E-state index contributed by atoms with van der Waals surface area (Å²) in [6.45, 7) is 4.11. The second kappa shape index (κ2) is 6.46. The number of anilines is 1. The Hall–Kier alpha value is -2.73. The van der Waals surface area contributed by atoms with Gasteiger partial charge in [-0.15, -0.1) is 0 Å². The average Bonchev–Trinajstić information content (AvgIpc) is 3.23. The molecule has 2 fully saturated rings. The molecule has 2 unspecified atom stereocenters. The highest BCUT2D eigenvalue weighted by atomic mass is 16.1. The first-order valence-electron chi connectivity index (χ1n) is 9.65. The van der Waals surface area contributed by atoms with Crippen molar-refractivity contribution < 1.29 is 0 Å². The second-order valence-corrected chi connectivity index (χ2v) is 7.79. The van der Waals surface area contributed by atoms with Gasteiger partial charge in [-0.25, -0.2) is 9.99 Å². The highest BCUT2D eigenvalue weighted by molar-refractivity contribution is 5.81. The average molecular weight is 361 g/mol. The van der Waals surface area contributed by atoms with Gasteiger partial charge in [0.15, 0.2) is 0 Å². The van der Waals surface area contributed by atoms with Crippen LogP contribution in [-0.2, 0) is 0 Å². The number of hydrazine groups is 1. The highest BCUT2D eigenvalue weighted by Crippen LogP contribution is 2.37. The normalized spacial score (nSPS) is 22.3. The van der Waals surface area contributed by atoms with Crippen LogP contribution in [0, 0.1) is 18.8 Å². The van der Waals surface area contributed by atoms with Crippen LogP contribution < -0.4 is 11.0 Å². The van der Waals surface area contributed by atoms with Gasteiger partial charge in [0, 0.05) is 30.2 Å². The lowest BCUT2D eigenvalue weighted by Gasteiger charge is -2.18. The zero-order valence-electron chi connectivity index (χ0n) is 15.4. The third-order valence-electron chi connectivity index (χ3n) is 6.01. The number of nitrogens with one attached hydrogen (secondary N) is 2. The van der Waals surface area contributed by atoms with E-state index in [1.807, 2.05) is 37.3 Å². The van der Waals surface area contributed by atoms with Crippen molar-refractivity contribution >= 4 is 17.0 Å². The monoisotopic (exact) mass is 361 g/mol. The highest BCUT2D eigenvalue weighted by Gasteiger charge is 2.36. The van der Waals surface area contributed by atoms with Gasteiger partial charge in [-0.3, -0.25) is 10.2 Å². The number of H-pyrrole nitrogens is 1. The summed E-state index contributed by atoms with van der Waals surface area (Å²) in [6.07, 6.45) is 5.80. The van der Waals surface area contributed by atoms with Crippen LogP contribution >= 0.6 is 0 Å². The van der Waals surface area contributed by atoms with Crippen LogP contribution in [-0.4, -0.2) is 33.1 Å². The standard InChI is InChI=1S/C21H23N5O/c1-13-5-2-3-8-17(13)18-9-16-10-22-21(24-19(16)23-20(18)27)25-26-11-14-6-4-7-15(14)12-26/h2-3,5,8-10,14-15H,4,6-7,11-12H2,1H3,(H2,22,23,24,25,27). The molecule has 2 aliphatic rings. The predicted molar refractivity (Wildman–Crippen MR) is 106 cm³/mol. The zero-order valence-corrected chi connectivity index (χ0v) is 15.4. The molecule has 6 nitrogen and oxygen atoms in total. The Kier molecular flexibility index (Phi) is 3.93. The van der Waals surface area contributed by atoms with Gasteiger partial charge in [-0.05, 0) is 48.8 Å². The maximum Gasteiger partial charge on any atom is 0.257 e. The van der Waals surface area contributed by atoms with E-state index in [0.29, 0.717) is 17.2 Å². The van der Waals surface area contributed by atoms with Crippen molar-refractivity contribution in [3.05, 3.63) is 52.4 Å². The summed E-state index contributed by atoms with van der Waals surface area (Å²) in [7, 11) is 0. The van der Waals surface area contributed by atoms with Crippen LogP contribution in [0.3, 0.4) is 0 Å². The summed E-state index contributed by atoms with van der Waals surface area (Å²) in [6, 6.07) is 9.77. The second-order valence-electron chi connectivity index (χ2n) is 7.79. The number of aromatic nitrogens is 3. The smallest absolute Gasteiger partial charge is 0.257 e. The topological polar surface area (TPSA) is 73.9 Å². The number of hydrogen-bond donors (Lipinski definition) is 2. The minimum atomic E-state index is -0.128. The van der Waals surface area contributed by atoms with E-state index >= 15 is 0 Å². The van der Waals surface area contributed by atoms with Crippen molar-refractivity contribution in [3.63, 3.8) is 0 Å². The summed E-state index contributed by atoms with van der Waals surface area (Å²) >= 11 is 0. The number of rotatable bonds is 3. The Labute approximate surface area is 157 Å². The molecule has 1 aromatic carbocycles. The van der Waals surface area contributed by atoms with Crippen LogP contribution in [0.15, 0.2) is 41.3 Å². The zero-order chi connectivity index (χ0) is 18.4. The van der Waals surface area contributed by atoms with Gasteiger partial charge in [0.1, 0.15) is 5.65 Å². The lowest BCUT2D eigenvalue weighted by Crippen LogP contribution is -2.29. The molecule has 2 N–H and O–H groups in total. The fraction of sp³-hybridized carbons (Fsp3) is 0.381. The van der Waals surface area contributed by atoms with E-state index in [4.69, 9.17) is 0 Å². The molecule has 0 amide bonds. The number of aromatic amines is 1. The van der Waals surface area contributed by atoms with E-state index in [1.165, 1.54) is 19.3 Å². The third-order valence-corrected chi connectivity index (χ3v) is 6.01. The number of aryl methyl sites for hydroxylation is 1. The van der Waals surface area contributed by atoms with Gasteiger partial charge in [0.25, 0.3) is 5.56 Å². The molecule has 2 aromatic heterocycles. The first-order chi connectivity index (χ1) is 13.2. The van der Waals surface area contributed by atoms with E-state index in [-0.39, 0.29) is 5.56 Å². The van der Waals surface area contributed by atoms with Gasteiger partial charge in [-0.1, -0.05) is 30.7 Å². The number of benzene rings is 1. The Balaban J connectivity index is 1.44. The van der Waals surface area contributed by atoms with E-state index in [0.717, 1.165) is 41.4 Å². The largest absolute Gasteiger partial charge is 0.306 e. The molecule has 0 radical (unpaired) electrons. The minimum absolute atomic E-state index is 0.128. The van der Waals surface area contributed by atoms with Crippen molar-refractivity contribution in [2.45, 2.75) is 26.2 Å². The predicted octanol–water partition coefficient (Wildman–Crippen LogP) is 3.35. The molecule has 1 saturated heterocycles. The molecule has 6 heteroatoms. The molecule has 0 spiro atoms. The quantitative estimate of drug-likeness (QED) is 0.748. The van der Waals surface area contributed by atoms with Crippen LogP contribution in [0.5, 0.6) is 0 Å². The first-order valence-corrected chi connectivity index (χ1v) is 9.65. The summed E-state index contributed by atoms with van der Waals surface area (Å²) in [4.78, 5) is 24.5. The van der Waals surface area contributed by atoms with Gasteiger partial charge in [0.05, 0.1) is 0 Å². The number of nitrogens with zero attached hydrogens (tertiary/aromatic N) is 3. The lowest BCUT2D eigenvalue weighted by molar-refractivity contribution is 0.369. The maximum atomic E-state index is 12.6. The van der Waals surface area contributed by atoms with E-state index < -0.39 is 0 Å². The number of pyridine rings is 1. The molecule has 3 heterocycles. The van der Waals surface area contributed by atoms with Crippen molar-refractivity contribution in [2.24, 2.45) is 11.8 Å². The molecular formula is C21H23N5O. The van der Waals surface area contributed by atoms with Gasteiger partial charge >= 0.3 is 0 Å². The van der Waals surface area contributed by atoms with Crippen molar-refractivity contribution in [3.8, 4) is 11.1 Å². The van der Waals surface area contributed by atoms with Crippen LogP contribution in [0.4, 0.5) is 5.95 Å². The van der Waals surface area contributed by atoms with E-state index in [1.54, 1.807) is 6.20 Å². The molecule has 1 aliphatic carbocycles. The molecule has 2 atom stereocenters. The molecule has 5 rings (SSSR count). The number of fused-ring (bicyclic) bond motifs is 2. The summed E-state index contributed by atoms with van der Waals surface area (Å²) < 4.78 is 0. The van der Waals surface area contributed by atoms with Gasteiger partial charge in [-0.2, -0.15) is 4.98 Å². The Bertz CT molecular complexity index is 1050. The van der Waals surface area contributed by atoms with Crippen LogP contribution in [0.1, 0.15) is 24.8 Å². The van der Waals surface area contributed by atoms with Crippen molar-refractivity contribution in [1.82, 2.24) is 20.0 Å². The molecule has 138 valence electrons. The van der Waals surface area contributed by atoms with Crippen LogP contribution in [0.25, 0.3) is 22.2 Å². The summed E-state index contributed by atoms with van der Waals surface area (Å²) in [5.74, 6) is 2.14. The van der Waals surface area contributed by atoms with Crippen LogP contribution in [0.2, 0.25) is 0 Å². The first kappa shape index (κ1) is 16.4. The molecule has 3 aromatic rings. The SMILES string of the molecule is Cc1ccccc1-c1cc2cnc(NN3CC4CCCC4C3)nc2[nH]c1=O. The molecule has 1 aliphatic heterocycles. The van der Waals surface area contributed by atoms with Gasteiger partial charge in [0.2, 0.25) is 5.95 Å². The molecule has 1 saturated carbocycles. The summed E-state index contributed by atoms with van der Waals surface area (Å²) in [5, 5.41) is 3.05. The fourth-order valence-corrected chi connectivity index (χ4v) is 4.59. The van der Waals surface area contributed by atoms with Gasteiger partial charge < -0.3 is 4.98 Å². The fourth-order valence-electron chi connectivity index (χ4n) is 4.59. The van der Waals surface area contributed by atoms with Crippen molar-refractivity contribution in [1.29, 1.82) is 0 Å². The molecular weight excluding hydrogens is 338 g/mol. The van der Waals surface area contributed by atoms with Crippen molar-refractivity contribution in [2.75, 3.05) is 18.5 Å². The third kappa shape index (κ3) is 3.00.